The molecule has 1 atom stereocenters. The molecule has 1 rings (SSSR count). The van der Waals surface area contributed by atoms with Gasteiger partial charge in [0.1, 0.15) is 0 Å². The summed E-state index contributed by atoms with van der Waals surface area (Å²) in [4.78, 5) is 22.1. The molecule has 0 aliphatic heterocycles. The van der Waals surface area contributed by atoms with E-state index in [2.05, 4.69) is 15.7 Å². The fourth-order valence-electron chi connectivity index (χ4n) is 1.76. The Morgan fingerprint density at radius 2 is 2.29 bits per heavy atom. The quantitative estimate of drug-likeness (QED) is 0.637. The topological polar surface area (TPSA) is 105 Å². The summed E-state index contributed by atoms with van der Waals surface area (Å²) < 4.78 is 6.62. The molecule has 1 aromatic rings. The number of ether oxygens (including phenoxy) is 1. The van der Waals surface area contributed by atoms with E-state index < -0.39 is 5.97 Å². The number of nitrogens with zero attached hydrogens (tertiary/aromatic N) is 2. The number of carboxylic acids is 1. The van der Waals surface area contributed by atoms with Crippen LogP contribution in [-0.2, 0) is 16.1 Å². The van der Waals surface area contributed by atoms with Crippen molar-refractivity contribution >= 4 is 17.7 Å². The summed E-state index contributed by atoms with van der Waals surface area (Å²) in [6, 6.07) is -0.419. The molecule has 21 heavy (non-hydrogen) atoms. The molecule has 0 fully saturated rings. The second kappa shape index (κ2) is 8.96. The van der Waals surface area contributed by atoms with Crippen LogP contribution in [0.3, 0.4) is 0 Å². The van der Waals surface area contributed by atoms with Crippen molar-refractivity contribution in [2.24, 2.45) is 0 Å². The number of amides is 2. The molecule has 0 aromatic carbocycles. The molecule has 3 N–H and O–H groups in total. The van der Waals surface area contributed by atoms with Crippen LogP contribution in [0.15, 0.2) is 12.4 Å². The zero-order chi connectivity index (χ0) is 15.7. The van der Waals surface area contributed by atoms with Crippen molar-refractivity contribution in [3.05, 3.63) is 12.4 Å². The van der Waals surface area contributed by atoms with Crippen LogP contribution in [0.25, 0.3) is 0 Å². The Morgan fingerprint density at radius 3 is 2.95 bits per heavy atom. The van der Waals surface area contributed by atoms with Crippen molar-refractivity contribution in [1.29, 1.82) is 0 Å². The predicted molar refractivity (Wildman–Crippen MR) is 77.2 cm³/mol. The molecular formula is C13H22N4O4. The number of carbonyl (C=O) groups excluding carboxylic acids is 1. The normalized spacial score (nSPS) is 11.9. The van der Waals surface area contributed by atoms with Crippen molar-refractivity contribution in [1.82, 2.24) is 15.1 Å². The van der Waals surface area contributed by atoms with Gasteiger partial charge in [-0.15, -0.1) is 0 Å². The van der Waals surface area contributed by atoms with Gasteiger partial charge in [-0.25, -0.2) is 4.79 Å². The number of urea groups is 1. The summed E-state index contributed by atoms with van der Waals surface area (Å²) in [7, 11) is 1.61. The van der Waals surface area contributed by atoms with Gasteiger partial charge in [0.25, 0.3) is 0 Å². The second-order valence-electron chi connectivity index (χ2n) is 4.77. The van der Waals surface area contributed by atoms with Crippen LogP contribution in [-0.4, -0.2) is 46.6 Å². The van der Waals surface area contributed by atoms with E-state index in [0.717, 1.165) is 0 Å². The maximum Gasteiger partial charge on any atom is 0.319 e. The molecule has 118 valence electrons. The number of aliphatic carboxylic acids is 1. The number of hydrogen-bond acceptors (Lipinski definition) is 4. The van der Waals surface area contributed by atoms with Crippen LogP contribution >= 0.6 is 0 Å². The molecule has 1 heterocycles. The number of carbonyl (C=O) groups is 2. The summed E-state index contributed by atoms with van der Waals surface area (Å²) in [5.41, 5.74) is 0.598. The first-order valence-corrected chi connectivity index (χ1v) is 6.82. The summed E-state index contributed by atoms with van der Waals surface area (Å²) in [5.74, 6) is -0.824. The number of rotatable bonds is 9. The molecule has 0 aliphatic carbocycles. The van der Waals surface area contributed by atoms with E-state index in [9.17, 15) is 9.59 Å². The number of anilines is 1. The number of carboxylic acid groups (broad SMARTS) is 1. The average molecular weight is 298 g/mol. The molecule has 2 amide bonds. The average Bonchev–Trinajstić information content (AvgIpc) is 2.83. The van der Waals surface area contributed by atoms with Gasteiger partial charge in [0, 0.05) is 25.8 Å². The molecule has 0 spiro atoms. The van der Waals surface area contributed by atoms with Crippen molar-refractivity contribution in [3.63, 3.8) is 0 Å². The Balaban J connectivity index is 2.29. The molecule has 0 bridgehead atoms. The summed E-state index contributed by atoms with van der Waals surface area (Å²) in [6.45, 7) is 3.00. The predicted octanol–water partition coefficient (Wildman–Crippen LogP) is 1.29. The van der Waals surface area contributed by atoms with Gasteiger partial charge in [0.15, 0.2) is 0 Å². The summed E-state index contributed by atoms with van der Waals surface area (Å²) >= 11 is 0. The maximum absolute atomic E-state index is 11.7. The van der Waals surface area contributed by atoms with Crippen LogP contribution in [0.2, 0.25) is 0 Å². The third-order valence-corrected chi connectivity index (χ3v) is 2.82. The summed E-state index contributed by atoms with van der Waals surface area (Å²) in [6.07, 6.45) is 4.54. The van der Waals surface area contributed by atoms with Crippen LogP contribution in [0.4, 0.5) is 10.5 Å². The number of nitrogens with one attached hydrogen (secondary N) is 2. The van der Waals surface area contributed by atoms with E-state index in [1.54, 1.807) is 24.2 Å². The van der Waals surface area contributed by atoms with Crippen LogP contribution in [0.5, 0.6) is 0 Å². The van der Waals surface area contributed by atoms with Gasteiger partial charge < -0.3 is 20.5 Å². The number of aromatic nitrogens is 2. The fourth-order valence-corrected chi connectivity index (χ4v) is 1.76. The van der Waals surface area contributed by atoms with Crippen molar-refractivity contribution < 1.29 is 19.4 Å². The summed E-state index contributed by atoms with van der Waals surface area (Å²) in [5, 5.41) is 18.1. The van der Waals surface area contributed by atoms with E-state index in [0.29, 0.717) is 31.7 Å². The standard InChI is InChI=1S/C13H22N4O4/c1-10(4-3-5-12(18)19)15-13(20)16-11-8-14-17(9-11)6-7-21-2/h8-10H,3-7H2,1-2H3,(H,18,19)(H2,15,16,20). The van der Waals surface area contributed by atoms with Gasteiger partial charge in [-0.3, -0.25) is 9.48 Å². The van der Waals surface area contributed by atoms with Gasteiger partial charge in [-0.05, 0) is 19.8 Å². The highest BCUT2D eigenvalue weighted by Gasteiger charge is 2.09. The second-order valence-corrected chi connectivity index (χ2v) is 4.77. The van der Waals surface area contributed by atoms with E-state index >= 15 is 0 Å². The minimum atomic E-state index is -0.824. The highest BCUT2D eigenvalue weighted by molar-refractivity contribution is 5.89. The minimum absolute atomic E-state index is 0.0899. The SMILES string of the molecule is COCCn1cc(NC(=O)NC(C)CCCC(=O)O)cn1. The van der Waals surface area contributed by atoms with Gasteiger partial charge in [0.2, 0.25) is 0 Å². The van der Waals surface area contributed by atoms with Gasteiger partial charge in [0.05, 0.1) is 25.0 Å². The van der Waals surface area contributed by atoms with E-state index in [1.165, 1.54) is 0 Å². The van der Waals surface area contributed by atoms with Crippen molar-refractivity contribution in [2.75, 3.05) is 19.0 Å². The zero-order valence-corrected chi connectivity index (χ0v) is 12.3. The van der Waals surface area contributed by atoms with Crippen LogP contribution in [0, 0.1) is 0 Å². The Bertz CT molecular complexity index is 461. The molecule has 1 unspecified atom stereocenters. The van der Waals surface area contributed by atoms with Gasteiger partial charge >= 0.3 is 12.0 Å². The Morgan fingerprint density at radius 1 is 1.52 bits per heavy atom. The zero-order valence-electron chi connectivity index (χ0n) is 12.3. The first-order valence-electron chi connectivity index (χ1n) is 6.82. The molecule has 8 heteroatoms. The molecule has 0 radical (unpaired) electrons. The van der Waals surface area contributed by atoms with Crippen molar-refractivity contribution in [2.45, 2.75) is 38.8 Å². The lowest BCUT2D eigenvalue weighted by Gasteiger charge is -2.13. The lowest BCUT2D eigenvalue weighted by Crippen LogP contribution is -2.36. The highest BCUT2D eigenvalue weighted by atomic mass is 16.5. The van der Waals surface area contributed by atoms with E-state index in [1.807, 2.05) is 6.92 Å². The third kappa shape index (κ3) is 7.31. The largest absolute Gasteiger partial charge is 0.481 e. The lowest BCUT2D eigenvalue weighted by molar-refractivity contribution is -0.137. The van der Waals surface area contributed by atoms with Gasteiger partial charge in [-0.2, -0.15) is 5.10 Å². The van der Waals surface area contributed by atoms with E-state index in [4.69, 9.17) is 9.84 Å². The molecular weight excluding hydrogens is 276 g/mol. The highest BCUT2D eigenvalue weighted by Crippen LogP contribution is 2.05. The molecule has 0 saturated heterocycles. The smallest absolute Gasteiger partial charge is 0.319 e. The number of hydrogen-bond donors (Lipinski definition) is 3. The Kier molecular flexibility index (Phi) is 7.24. The molecule has 0 aliphatic rings. The lowest BCUT2D eigenvalue weighted by atomic mass is 10.1. The maximum atomic E-state index is 11.7. The minimum Gasteiger partial charge on any atom is -0.481 e. The number of methoxy groups -OCH3 is 1. The van der Waals surface area contributed by atoms with Gasteiger partial charge in [-0.1, -0.05) is 0 Å². The first-order chi connectivity index (χ1) is 10.0. The molecule has 8 nitrogen and oxygen atoms in total. The van der Waals surface area contributed by atoms with Crippen LogP contribution < -0.4 is 10.6 Å². The Hall–Kier alpha value is -2.09. The monoisotopic (exact) mass is 298 g/mol. The third-order valence-electron chi connectivity index (χ3n) is 2.82. The first kappa shape index (κ1) is 17.0. The van der Waals surface area contributed by atoms with Crippen molar-refractivity contribution in [3.8, 4) is 0 Å². The van der Waals surface area contributed by atoms with Crippen LogP contribution in [0.1, 0.15) is 26.2 Å². The fraction of sp³-hybridized carbons (Fsp3) is 0.615. The molecule has 1 aromatic heterocycles. The molecule has 0 saturated carbocycles. The Labute approximate surface area is 123 Å². The van der Waals surface area contributed by atoms with E-state index in [-0.39, 0.29) is 18.5 Å².